The largest absolute Gasteiger partial charge is 0.340 e. The van der Waals surface area contributed by atoms with Crippen LogP contribution in [0.15, 0.2) is 28.9 Å². The standard InChI is InChI=1S/C16H19N5O4S/c1-11-18-15(19-25-11)8-20-6-7-21(14-10-26(23,24)9-13(14)20)16(22)12-4-2-3-5-17-12/h2-5,13-14H,6-10H2,1H3/t13-,14+/m1/s1. The third kappa shape index (κ3) is 3.21. The van der Waals surface area contributed by atoms with Crippen LogP contribution in [-0.4, -0.2) is 75.9 Å². The van der Waals surface area contributed by atoms with Crippen LogP contribution in [0.3, 0.4) is 0 Å². The number of hydrogen-bond donors (Lipinski definition) is 0. The molecule has 9 nitrogen and oxygen atoms in total. The van der Waals surface area contributed by atoms with Gasteiger partial charge in [-0.2, -0.15) is 4.98 Å². The van der Waals surface area contributed by atoms with Gasteiger partial charge in [-0.1, -0.05) is 11.2 Å². The molecule has 2 aliphatic rings. The van der Waals surface area contributed by atoms with Crippen molar-refractivity contribution in [2.75, 3.05) is 24.6 Å². The van der Waals surface area contributed by atoms with Crippen LogP contribution in [0.25, 0.3) is 0 Å². The second-order valence-corrected chi connectivity index (χ2v) is 8.78. The van der Waals surface area contributed by atoms with Crippen molar-refractivity contribution in [3.05, 3.63) is 41.8 Å². The Kier molecular flexibility index (Phi) is 4.23. The second-order valence-electron chi connectivity index (χ2n) is 6.63. The number of sulfone groups is 1. The summed E-state index contributed by atoms with van der Waals surface area (Å²) >= 11 is 0. The summed E-state index contributed by atoms with van der Waals surface area (Å²) in [5.41, 5.74) is 0.331. The zero-order valence-electron chi connectivity index (χ0n) is 14.3. The van der Waals surface area contributed by atoms with Gasteiger partial charge in [0.1, 0.15) is 5.69 Å². The number of amides is 1. The summed E-state index contributed by atoms with van der Waals surface area (Å²) in [5, 5.41) is 3.89. The van der Waals surface area contributed by atoms with Crippen molar-refractivity contribution in [2.45, 2.75) is 25.6 Å². The monoisotopic (exact) mass is 377 g/mol. The predicted octanol–water partition coefficient (Wildman–Crippen LogP) is -0.103. The Bertz CT molecular complexity index is 914. The van der Waals surface area contributed by atoms with Gasteiger partial charge in [0.25, 0.3) is 5.91 Å². The van der Waals surface area contributed by atoms with Crippen molar-refractivity contribution in [3.63, 3.8) is 0 Å². The zero-order chi connectivity index (χ0) is 18.3. The maximum atomic E-state index is 12.8. The van der Waals surface area contributed by atoms with Crippen LogP contribution in [0.1, 0.15) is 22.2 Å². The van der Waals surface area contributed by atoms with Crippen LogP contribution < -0.4 is 0 Å². The number of piperazine rings is 1. The molecule has 0 bridgehead atoms. The van der Waals surface area contributed by atoms with E-state index in [-0.39, 0.29) is 23.5 Å². The summed E-state index contributed by atoms with van der Waals surface area (Å²) in [6.07, 6.45) is 1.56. The topological polar surface area (TPSA) is 110 Å². The van der Waals surface area contributed by atoms with Crippen molar-refractivity contribution in [1.82, 2.24) is 24.9 Å². The van der Waals surface area contributed by atoms with E-state index in [0.29, 0.717) is 37.0 Å². The van der Waals surface area contributed by atoms with E-state index < -0.39 is 15.9 Å². The minimum atomic E-state index is -3.22. The van der Waals surface area contributed by atoms with Crippen molar-refractivity contribution in [2.24, 2.45) is 0 Å². The molecule has 138 valence electrons. The van der Waals surface area contributed by atoms with E-state index in [4.69, 9.17) is 4.52 Å². The summed E-state index contributed by atoms with van der Waals surface area (Å²) in [5.74, 6) is 0.765. The molecule has 2 fully saturated rings. The van der Waals surface area contributed by atoms with E-state index in [9.17, 15) is 13.2 Å². The average Bonchev–Trinajstić information content (AvgIpc) is 3.17. The van der Waals surface area contributed by atoms with Crippen molar-refractivity contribution < 1.29 is 17.7 Å². The number of aromatic nitrogens is 3. The molecule has 2 aromatic heterocycles. The summed E-state index contributed by atoms with van der Waals surface area (Å²) < 4.78 is 29.5. The number of aryl methyl sites for hydroxylation is 1. The highest BCUT2D eigenvalue weighted by Gasteiger charge is 2.48. The lowest BCUT2D eigenvalue weighted by molar-refractivity contribution is 0.0291. The van der Waals surface area contributed by atoms with Gasteiger partial charge in [-0.15, -0.1) is 0 Å². The molecule has 0 N–H and O–H groups in total. The van der Waals surface area contributed by atoms with E-state index in [1.165, 1.54) is 0 Å². The minimum absolute atomic E-state index is 0.0283. The van der Waals surface area contributed by atoms with E-state index in [1.54, 1.807) is 36.2 Å². The number of carbonyl (C=O) groups excluding carboxylic acids is 1. The summed E-state index contributed by atoms with van der Waals surface area (Å²) in [4.78, 5) is 24.8. The van der Waals surface area contributed by atoms with Gasteiger partial charge in [0, 0.05) is 32.3 Å². The fourth-order valence-electron chi connectivity index (χ4n) is 3.70. The number of fused-ring (bicyclic) bond motifs is 1. The van der Waals surface area contributed by atoms with Crippen molar-refractivity contribution in [3.8, 4) is 0 Å². The third-order valence-electron chi connectivity index (χ3n) is 4.85. The first-order chi connectivity index (χ1) is 12.4. The fraction of sp³-hybridized carbons (Fsp3) is 0.500. The van der Waals surface area contributed by atoms with Crippen LogP contribution in [0.4, 0.5) is 0 Å². The van der Waals surface area contributed by atoms with Crippen molar-refractivity contribution in [1.29, 1.82) is 0 Å². The lowest BCUT2D eigenvalue weighted by Gasteiger charge is -2.43. The summed E-state index contributed by atoms with van der Waals surface area (Å²) in [7, 11) is -3.22. The van der Waals surface area contributed by atoms with E-state index in [2.05, 4.69) is 15.1 Å². The number of rotatable bonds is 3. The van der Waals surface area contributed by atoms with Gasteiger partial charge in [0.15, 0.2) is 15.7 Å². The Morgan fingerprint density at radius 2 is 2.08 bits per heavy atom. The molecule has 4 heterocycles. The molecule has 4 rings (SSSR count). The zero-order valence-corrected chi connectivity index (χ0v) is 15.1. The van der Waals surface area contributed by atoms with Gasteiger partial charge in [-0.25, -0.2) is 8.42 Å². The number of hydrogen-bond acceptors (Lipinski definition) is 8. The average molecular weight is 377 g/mol. The van der Waals surface area contributed by atoms with Crippen LogP contribution >= 0.6 is 0 Å². The molecule has 2 aromatic rings. The van der Waals surface area contributed by atoms with Gasteiger partial charge in [0.05, 0.1) is 24.1 Å². The van der Waals surface area contributed by atoms with Crippen molar-refractivity contribution >= 4 is 15.7 Å². The van der Waals surface area contributed by atoms with E-state index in [1.807, 2.05) is 4.90 Å². The van der Waals surface area contributed by atoms with E-state index >= 15 is 0 Å². The molecule has 2 saturated heterocycles. The minimum Gasteiger partial charge on any atom is -0.340 e. The molecule has 2 atom stereocenters. The number of pyridine rings is 1. The highest BCUT2D eigenvalue weighted by molar-refractivity contribution is 7.91. The normalized spacial score (nSPS) is 25.2. The molecule has 1 amide bonds. The fourth-order valence-corrected chi connectivity index (χ4v) is 5.71. The molecular formula is C16H19N5O4S. The Hall–Kier alpha value is -2.33. The van der Waals surface area contributed by atoms with Gasteiger partial charge in [0.2, 0.25) is 5.89 Å². The number of nitrogens with zero attached hydrogens (tertiary/aromatic N) is 5. The Morgan fingerprint density at radius 3 is 2.77 bits per heavy atom. The van der Waals surface area contributed by atoms with Crippen LogP contribution in [-0.2, 0) is 16.4 Å². The van der Waals surface area contributed by atoms with Gasteiger partial charge < -0.3 is 9.42 Å². The van der Waals surface area contributed by atoms with Crippen LogP contribution in [0.2, 0.25) is 0 Å². The summed E-state index contributed by atoms with van der Waals surface area (Å²) in [6.45, 7) is 3.09. The Labute approximate surface area is 150 Å². The maximum Gasteiger partial charge on any atom is 0.272 e. The lowest BCUT2D eigenvalue weighted by atomic mass is 10.0. The first-order valence-corrected chi connectivity index (χ1v) is 10.2. The second kappa shape index (κ2) is 6.44. The first kappa shape index (κ1) is 17.1. The molecule has 10 heteroatoms. The Balaban J connectivity index is 1.58. The maximum absolute atomic E-state index is 12.8. The van der Waals surface area contributed by atoms with Crippen LogP contribution in [0.5, 0.6) is 0 Å². The SMILES string of the molecule is Cc1nc(CN2CCN(C(=O)c3ccccn3)[C@H]3CS(=O)(=O)C[C@H]32)no1. The highest BCUT2D eigenvalue weighted by atomic mass is 32.2. The molecule has 26 heavy (non-hydrogen) atoms. The number of carbonyl (C=O) groups is 1. The first-order valence-electron chi connectivity index (χ1n) is 8.38. The smallest absolute Gasteiger partial charge is 0.272 e. The van der Waals surface area contributed by atoms with Gasteiger partial charge >= 0.3 is 0 Å². The van der Waals surface area contributed by atoms with Crippen LogP contribution in [0, 0.1) is 6.92 Å². The summed E-state index contributed by atoms with van der Waals surface area (Å²) in [6, 6.07) is 4.47. The van der Waals surface area contributed by atoms with E-state index in [0.717, 1.165) is 0 Å². The lowest BCUT2D eigenvalue weighted by Crippen LogP contribution is -2.60. The predicted molar refractivity (Wildman–Crippen MR) is 90.9 cm³/mol. The Morgan fingerprint density at radius 1 is 1.27 bits per heavy atom. The molecular weight excluding hydrogens is 358 g/mol. The quantitative estimate of drug-likeness (QED) is 0.729. The molecule has 0 aliphatic carbocycles. The molecule has 0 aromatic carbocycles. The van der Waals surface area contributed by atoms with Gasteiger partial charge in [-0.3, -0.25) is 14.7 Å². The molecule has 0 unspecified atom stereocenters. The van der Waals surface area contributed by atoms with Gasteiger partial charge in [-0.05, 0) is 12.1 Å². The molecule has 2 aliphatic heterocycles. The molecule has 0 spiro atoms. The highest BCUT2D eigenvalue weighted by Crippen LogP contribution is 2.28. The third-order valence-corrected chi connectivity index (χ3v) is 6.55. The molecule has 0 radical (unpaired) electrons. The molecule has 0 saturated carbocycles.